The molecule has 0 aliphatic rings. The predicted molar refractivity (Wildman–Crippen MR) is 56.4 cm³/mol. The molecule has 82 valence electrons. The highest BCUT2D eigenvalue weighted by molar-refractivity contribution is 6.31. The Morgan fingerprint density at radius 3 is 2.67 bits per heavy atom. The number of rotatable bonds is 3. The van der Waals surface area contributed by atoms with E-state index in [-0.39, 0.29) is 6.42 Å². The Hall–Kier alpha value is -0.930. The Balaban J connectivity index is 2.90. The summed E-state index contributed by atoms with van der Waals surface area (Å²) in [5, 5.41) is 9.75. The predicted octanol–water partition coefficient (Wildman–Crippen LogP) is 2.36. The van der Waals surface area contributed by atoms with Crippen molar-refractivity contribution in [3.8, 4) is 0 Å². The molecule has 0 unspecified atom stereocenters. The summed E-state index contributed by atoms with van der Waals surface area (Å²) in [7, 11) is 0. The van der Waals surface area contributed by atoms with Gasteiger partial charge in [-0.25, -0.2) is 4.39 Å². The summed E-state index contributed by atoms with van der Waals surface area (Å²) >= 11 is 5.79. The second-order valence-corrected chi connectivity index (χ2v) is 4.30. The number of hydrogen-bond donors (Lipinski definition) is 1. The smallest absolute Gasteiger partial charge is 0.168 e. The summed E-state index contributed by atoms with van der Waals surface area (Å²) in [4.78, 5) is 11.5. The highest BCUT2D eigenvalue weighted by Crippen LogP contribution is 2.19. The molecule has 0 spiro atoms. The van der Waals surface area contributed by atoms with Crippen molar-refractivity contribution in [3.05, 3.63) is 34.6 Å². The van der Waals surface area contributed by atoms with Gasteiger partial charge < -0.3 is 5.11 Å². The van der Waals surface area contributed by atoms with Gasteiger partial charge in [-0.15, -0.1) is 0 Å². The van der Waals surface area contributed by atoms with Crippen molar-refractivity contribution in [2.24, 2.45) is 0 Å². The van der Waals surface area contributed by atoms with Crippen LogP contribution in [-0.4, -0.2) is 16.5 Å². The van der Waals surface area contributed by atoms with E-state index in [4.69, 9.17) is 11.6 Å². The first-order valence-corrected chi connectivity index (χ1v) is 4.88. The van der Waals surface area contributed by atoms with Gasteiger partial charge in [0, 0.05) is 11.4 Å². The minimum atomic E-state index is -1.42. The number of benzene rings is 1. The zero-order valence-corrected chi connectivity index (χ0v) is 9.31. The molecule has 0 aliphatic heterocycles. The molecule has 4 heteroatoms. The highest BCUT2D eigenvalue weighted by Gasteiger charge is 2.24. The molecule has 1 aromatic rings. The summed E-state index contributed by atoms with van der Waals surface area (Å²) in [5.41, 5.74) is -1.03. The normalized spacial score (nSPS) is 11.5. The number of Topliss-reactive ketones (excluding diaryl/α,β-unsaturated/α-hetero) is 1. The van der Waals surface area contributed by atoms with Gasteiger partial charge in [0.05, 0.1) is 0 Å². The molecule has 1 rings (SSSR count). The highest BCUT2D eigenvalue weighted by atomic mass is 35.5. The maximum Gasteiger partial charge on any atom is 0.168 e. The molecule has 0 saturated carbocycles. The van der Waals surface area contributed by atoms with Gasteiger partial charge in [-0.05, 0) is 37.6 Å². The molecule has 1 N–H and O–H groups in total. The molecular weight excluding hydrogens is 219 g/mol. The van der Waals surface area contributed by atoms with E-state index in [1.54, 1.807) is 0 Å². The lowest BCUT2D eigenvalue weighted by molar-refractivity contribution is -0.133. The topological polar surface area (TPSA) is 37.3 Å². The largest absolute Gasteiger partial charge is 0.383 e. The van der Waals surface area contributed by atoms with Crippen LogP contribution in [0.3, 0.4) is 0 Å². The molecule has 2 nitrogen and oxygen atoms in total. The third-order valence-electron chi connectivity index (χ3n) is 2.04. The molecule has 0 atom stereocenters. The number of halogens is 2. The van der Waals surface area contributed by atoms with Crippen molar-refractivity contribution < 1.29 is 14.3 Å². The lowest BCUT2D eigenvalue weighted by Crippen LogP contribution is -2.32. The van der Waals surface area contributed by atoms with E-state index >= 15 is 0 Å². The first-order valence-electron chi connectivity index (χ1n) is 4.50. The summed E-state index contributed by atoms with van der Waals surface area (Å²) in [5.74, 6) is -0.840. The molecule has 0 fully saturated rings. The number of ketones is 1. The fourth-order valence-corrected chi connectivity index (χ4v) is 1.25. The number of aliphatic hydroxyl groups is 1. The van der Waals surface area contributed by atoms with Crippen molar-refractivity contribution in [3.63, 3.8) is 0 Å². The Kier molecular flexibility index (Phi) is 3.47. The zero-order chi connectivity index (χ0) is 11.6. The quantitative estimate of drug-likeness (QED) is 0.866. The Morgan fingerprint density at radius 1 is 1.53 bits per heavy atom. The van der Waals surface area contributed by atoms with E-state index in [0.717, 1.165) is 0 Å². The zero-order valence-electron chi connectivity index (χ0n) is 8.55. The first-order chi connectivity index (χ1) is 6.80. The van der Waals surface area contributed by atoms with Crippen molar-refractivity contribution in [1.29, 1.82) is 0 Å². The lowest BCUT2D eigenvalue weighted by atomic mass is 9.97. The van der Waals surface area contributed by atoms with E-state index in [1.807, 2.05) is 0 Å². The third kappa shape index (κ3) is 3.29. The molecule has 0 aliphatic carbocycles. The number of hydrogen-bond acceptors (Lipinski definition) is 2. The van der Waals surface area contributed by atoms with Crippen LogP contribution in [0.1, 0.15) is 19.4 Å². The van der Waals surface area contributed by atoms with Gasteiger partial charge in [-0.2, -0.15) is 0 Å². The van der Waals surface area contributed by atoms with Crippen molar-refractivity contribution in [1.82, 2.24) is 0 Å². The lowest BCUT2D eigenvalue weighted by Gasteiger charge is -2.15. The van der Waals surface area contributed by atoms with Gasteiger partial charge in [0.2, 0.25) is 0 Å². The van der Waals surface area contributed by atoms with Crippen molar-refractivity contribution >= 4 is 17.4 Å². The van der Waals surface area contributed by atoms with Crippen LogP contribution in [0.4, 0.5) is 4.39 Å². The molecule has 0 amide bonds. The minimum Gasteiger partial charge on any atom is -0.383 e. The Morgan fingerprint density at radius 2 is 2.13 bits per heavy atom. The molecule has 1 aromatic carbocycles. The monoisotopic (exact) mass is 230 g/mol. The molecular formula is C11H12ClFO2. The van der Waals surface area contributed by atoms with E-state index < -0.39 is 17.2 Å². The molecule has 0 saturated heterocycles. The SMILES string of the molecule is CC(C)(O)C(=O)Cc1cc(F)ccc1Cl. The van der Waals surface area contributed by atoms with Gasteiger partial charge in [0.1, 0.15) is 11.4 Å². The second kappa shape index (κ2) is 4.29. The van der Waals surface area contributed by atoms with Crippen LogP contribution >= 0.6 is 11.6 Å². The summed E-state index contributed by atoms with van der Waals surface area (Å²) < 4.78 is 12.9. The number of carbonyl (C=O) groups is 1. The van der Waals surface area contributed by atoms with Crippen molar-refractivity contribution in [2.75, 3.05) is 0 Å². The maximum absolute atomic E-state index is 12.9. The standard InChI is InChI=1S/C11H12ClFO2/c1-11(2,15)10(14)6-7-5-8(13)3-4-9(7)12/h3-5,15H,6H2,1-2H3. The van der Waals surface area contributed by atoms with Crippen LogP contribution in [0.5, 0.6) is 0 Å². The number of carbonyl (C=O) groups excluding carboxylic acids is 1. The molecule has 0 radical (unpaired) electrons. The van der Waals surface area contributed by atoms with Crippen molar-refractivity contribution in [2.45, 2.75) is 25.9 Å². The van der Waals surface area contributed by atoms with Gasteiger partial charge in [-0.3, -0.25) is 4.79 Å². The van der Waals surface area contributed by atoms with Crippen LogP contribution in [0, 0.1) is 5.82 Å². The fourth-order valence-electron chi connectivity index (χ4n) is 1.07. The fraction of sp³-hybridized carbons (Fsp3) is 0.364. The Bertz CT molecular complexity index is 383. The second-order valence-electron chi connectivity index (χ2n) is 3.89. The maximum atomic E-state index is 12.9. The van der Waals surface area contributed by atoms with Crippen LogP contribution in [-0.2, 0) is 11.2 Å². The van der Waals surface area contributed by atoms with Crippen LogP contribution < -0.4 is 0 Å². The summed E-state index contributed by atoms with van der Waals surface area (Å²) in [6, 6.07) is 3.82. The van der Waals surface area contributed by atoms with Crippen LogP contribution in [0.15, 0.2) is 18.2 Å². The first kappa shape index (κ1) is 12.1. The molecule has 0 heterocycles. The average molecular weight is 231 g/mol. The van der Waals surface area contributed by atoms with E-state index in [0.29, 0.717) is 10.6 Å². The molecule has 0 aromatic heterocycles. The van der Waals surface area contributed by atoms with Gasteiger partial charge >= 0.3 is 0 Å². The molecule has 0 bridgehead atoms. The molecule has 15 heavy (non-hydrogen) atoms. The Labute approximate surface area is 92.7 Å². The van der Waals surface area contributed by atoms with E-state index in [2.05, 4.69) is 0 Å². The van der Waals surface area contributed by atoms with E-state index in [9.17, 15) is 14.3 Å². The third-order valence-corrected chi connectivity index (χ3v) is 2.41. The van der Waals surface area contributed by atoms with Gasteiger partial charge in [0.25, 0.3) is 0 Å². The summed E-state index contributed by atoms with van der Waals surface area (Å²) in [6.45, 7) is 2.78. The van der Waals surface area contributed by atoms with Crippen LogP contribution in [0.25, 0.3) is 0 Å². The summed E-state index contributed by atoms with van der Waals surface area (Å²) in [6.07, 6.45) is -0.0694. The average Bonchev–Trinajstić information content (AvgIpc) is 2.09. The minimum absolute atomic E-state index is 0.0694. The van der Waals surface area contributed by atoms with Crippen LogP contribution in [0.2, 0.25) is 5.02 Å². The van der Waals surface area contributed by atoms with Gasteiger partial charge in [-0.1, -0.05) is 11.6 Å². The van der Waals surface area contributed by atoms with E-state index in [1.165, 1.54) is 32.0 Å². The van der Waals surface area contributed by atoms with Gasteiger partial charge in [0.15, 0.2) is 5.78 Å².